The average molecular weight is 333 g/mol. The number of carbonyl (C=O) groups excluding carboxylic acids is 1. The van der Waals surface area contributed by atoms with Crippen LogP contribution in [0.2, 0.25) is 0 Å². The second-order valence-corrected chi connectivity index (χ2v) is 5.47. The molecule has 0 unspecified atom stereocenters. The summed E-state index contributed by atoms with van der Waals surface area (Å²) in [5, 5.41) is 2.85. The topological polar surface area (TPSA) is 64.1 Å². The van der Waals surface area contributed by atoms with Gasteiger partial charge in [-0.05, 0) is 30.7 Å². The normalized spacial score (nSPS) is 10.3. The number of benzene rings is 2. The van der Waals surface area contributed by atoms with Gasteiger partial charge >= 0.3 is 0 Å². The van der Waals surface area contributed by atoms with Crippen molar-refractivity contribution in [3.05, 3.63) is 72.4 Å². The summed E-state index contributed by atoms with van der Waals surface area (Å²) in [4.78, 5) is 20.7. The second-order valence-electron chi connectivity index (χ2n) is 5.47. The maximum absolute atomic E-state index is 11.9. The molecule has 5 heteroatoms. The van der Waals surface area contributed by atoms with Gasteiger partial charge in [0.1, 0.15) is 5.75 Å². The molecule has 3 rings (SSSR count). The summed E-state index contributed by atoms with van der Waals surface area (Å²) < 4.78 is 5.73. The van der Waals surface area contributed by atoms with E-state index in [0.717, 1.165) is 17.7 Å². The monoisotopic (exact) mass is 333 g/mol. The third kappa shape index (κ3) is 4.41. The maximum atomic E-state index is 11.9. The number of para-hydroxylation sites is 1. The molecule has 1 heterocycles. The number of ether oxygens (including phenoxy) is 1. The maximum Gasteiger partial charge on any atom is 0.251 e. The Labute approximate surface area is 146 Å². The number of hydrogen-bond acceptors (Lipinski definition) is 4. The lowest BCUT2D eigenvalue weighted by Gasteiger charge is -2.07. The lowest BCUT2D eigenvalue weighted by Crippen LogP contribution is -2.23. The van der Waals surface area contributed by atoms with Crippen LogP contribution in [0.1, 0.15) is 23.7 Å². The van der Waals surface area contributed by atoms with Crippen LogP contribution < -0.4 is 10.1 Å². The first-order valence-electron chi connectivity index (χ1n) is 8.21. The molecule has 0 aliphatic heterocycles. The molecule has 25 heavy (non-hydrogen) atoms. The SMILES string of the molecule is CCCNC(=O)c1ccc(-c2nccc(Oc3ccccc3)n2)cc1. The summed E-state index contributed by atoms with van der Waals surface area (Å²) in [5.41, 5.74) is 1.44. The van der Waals surface area contributed by atoms with Gasteiger partial charge in [-0.2, -0.15) is 4.98 Å². The van der Waals surface area contributed by atoms with E-state index in [1.165, 1.54) is 0 Å². The summed E-state index contributed by atoms with van der Waals surface area (Å²) in [5.74, 6) is 1.67. The Balaban J connectivity index is 1.75. The third-order valence-corrected chi connectivity index (χ3v) is 3.54. The fraction of sp³-hybridized carbons (Fsp3) is 0.150. The van der Waals surface area contributed by atoms with Gasteiger partial charge < -0.3 is 10.1 Å². The molecule has 0 atom stereocenters. The molecule has 0 saturated heterocycles. The highest BCUT2D eigenvalue weighted by Crippen LogP contribution is 2.22. The molecule has 0 aliphatic rings. The van der Waals surface area contributed by atoms with Gasteiger partial charge in [-0.1, -0.05) is 37.3 Å². The highest BCUT2D eigenvalue weighted by atomic mass is 16.5. The molecular weight excluding hydrogens is 314 g/mol. The molecule has 1 amide bonds. The Morgan fingerprint density at radius 1 is 1.04 bits per heavy atom. The van der Waals surface area contributed by atoms with Gasteiger partial charge in [0.15, 0.2) is 5.82 Å². The van der Waals surface area contributed by atoms with E-state index in [2.05, 4.69) is 15.3 Å². The largest absolute Gasteiger partial charge is 0.439 e. The zero-order chi connectivity index (χ0) is 17.5. The number of nitrogens with zero attached hydrogens (tertiary/aromatic N) is 2. The second kappa shape index (κ2) is 8.06. The smallest absolute Gasteiger partial charge is 0.251 e. The predicted octanol–water partition coefficient (Wildman–Crippen LogP) is 4.08. The van der Waals surface area contributed by atoms with Crippen LogP contribution >= 0.6 is 0 Å². The lowest BCUT2D eigenvalue weighted by molar-refractivity contribution is 0.0953. The van der Waals surface area contributed by atoms with Crippen molar-refractivity contribution in [3.63, 3.8) is 0 Å². The molecule has 3 aromatic rings. The fourth-order valence-electron chi connectivity index (χ4n) is 2.26. The standard InChI is InChI=1S/C20H19N3O2/c1-2-13-22-20(24)16-10-8-15(9-11-16)19-21-14-12-18(23-19)25-17-6-4-3-5-7-17/h3-12,14H,2,13H2,1H3,(H,22,24). The summed E-state index contributed by atoms with van der Waals surface area (Å²) in [7, 11) is 0. The number of amides is 1. The molecule has 2 aromatic carbocycles. The van der Waals surface area contributed by atoms with Crippen molar-refractivity contribution in [3.8, 4) is 23.0 Å². The van der Waals surface area contributed by atoms with E-state index in [9.17, 15) is 4.79 Å². The minimum atomic E-state index is -0.0736. The summed E-state index contributed by atoms with van der Waals surface area (Å²) >= 11 is 0. The van der Waals surface area contributed by atoms with E-state index in [4.69, 9.17) is 4.74 Å². The van der Waals surface area contributed by atoms with Gasteiger partial charge in [0.05, 0.1) is 0 Å². The Morgan fingerprint density at radius 3 is 2.52 bits per heavy atom. The van der Waals surface area contributed by atoms with Crippen molar-refractivity contribution < 1.29 is 9.53 Å². The van der Waals surface area contributed by atoms with Gasteiger partial charge in [0, 0.05) is 29.9 Å². The molecular formula is C20H19N3O2. The molecule has 5 nitrogen and oxygen atoms in total. The summed E-state index contributed by atoms with van der Waals surface area (Å²) in [6.45, 7) is 2.69. The van der Waals surface area contributed by atoms with Gasteiger partial charge in [-0.25, -0.2) is 4.98 Å². The average Bonchev–Trinajstić information content (AvgIpc) is 2.67. The van der Waals surface area contributed by atoms with E-state index in [0.29, 0.717) is 23.8 Å². The minimum Gasteiger partial charge on any atom is -0.439 e. The van der Waals surface area contributed by atoms with Crippen LogP contribution in [0.3, 0.4) is 0 Å². The quantitative estimate of drug-likeness (QED) is 0.738. The molecule has 0 bridgehead atoms. The van der Waals surface area contributed by atoms with Crippen LogP contribution in [0.4, 0.5) is 0 Å². The fourth-order valence-corrected chi connectivity index (χ4v) is 2.26. The van der Waals surface area contributed by atoms with Crippen LogP contribution in [0, 0.1) is 0 Å². The molecule has 0 radical (unpaired) electrons. The molecule has 1 N–H and O–H groups in total. The Kier molecular flexibility index (Phi) is 5.36. The zero-order valence-corrected chi connectivity index (χ0v) is 14.0. The van der Waals surface area contributed by atoms with Crippen LogP contribution in [0.25, 0.3) is 11.4 Å². The molecule has 1 aromatic heterocycles. The summed E-state index contributed by atoms with van der Waals surface area (Å²) in [6, 6.07) is 18.4. The van der Waals surface area contributed by atoms with Crippen molar-refractivity contribution in [2.45, 2.75) is 13.3 Å². The van der Waals surface area contributed by atoms with Crippen LogP contribution in [0.15, 0.2) is 66.9 Å². The number of nitrogens with one attached hydrogen (secondary N) is 1. The minimum absolute atomic E-state index is 0.0736. The number of rotatable bonds is 6. The van der Waals surface area contributed by atoms with Gasteiger partial charge in [-0.3, -0.25) is 4.79 Å². The first-order valence-corrected chi connectivity index (χ1v) is 8.21. The van der Waals surface area contributed by atoms with Gasteiger partial charge in [0.2, 0.25) is 5.88 Å². The van der Waals surface area contributed by atoms with E-state index >= 15 is 0 Å². The van der Waals surface area contributed by atoms with Crippen molar-refractivity contribution in [1.29, 1.82) is 0 Å². The lowest BCUT2D eigenvalue weighted by atomic mass is 10.1. The van der Waals surface area contributed by atoms with Crippen LogP contribution in [0.5, 0.6) is 11.6 Å². The molecule has 0 spiro atoms. The first-order chi connectivity index (χ1) is 12.3. The Morgan fingerprint density at radius 2 is 1.80 bits per heavy atom. The first kappa shape index (κ1) is 16.6. The van der Waals surface area contributed by atoms with Gasteiger partial charge in [0.25, 0.3) is 5.91 Å². The molecule has 0 saturated carbocycles. The van der Waals surface area contributed by atoms with E-state index in [1.54, 1.807) is 24.4 Å². The Hall–Kier alpha value is -3.21. The molecule has 126 valence electrons. The van der Waals surface area contributed by atoms with Crippen LogP contribution in [-0.4, -0.2) is 22.4 Å². The van der Waals surface area contributed by atoms with E-state index in [1.807, 2.05) is 49.4 Å². The van der Waals surface area contributed by atoms with Crippen LogP contribution in [-0.2, 0) is 0 Å². The number of hydrogen-bond donors (Lipinski definition) is 1. The molecule has 0 aliphatic carbocycles. The van der Waals surface area contributed by atoms with Crippen molar-refractivity contribution in [2.24, 2.45) is 0 Å². The van der Waals surface area contributed by atoms with Crippen molar-refractivity contribution in [2.75, 3.05) is 6.54 Å². The molecule has 0 fully saturated rings. The highest BCUT2D eigenvalue weighted by Gasteiger charge is 2.08. The highest BCUT2D eigenvalue weighted by molar-refractivity contribution is 5.94. The van der Waals surface area contributed by atoms with Crippen molar-refractivity contribution >= 4 is 5.91 Å². The third-order valence-electron chi connectivity index (χ3n) is 3.54. The van der Waals surface area contributed by atoms with Gasteiger partial charge in [-0.15, -0.1) is 0 Å². The Bertz CT molecular complexity index is 833. The number of carbonyl (C=O) groups is 1. The van der Waals surface area contributed by atoms with Crippen molar-refractivity contribution in [1.82, 2.24) is 15.3 Å². The number of aromatic nitrogens is 2. The van der Waals surface area contributed by atoms with E-state index < -0.39 is 0 Å². The predicted molar refractivity (Wildman–Crippen MR) is 96.6 cm³/mol. The van der Waals surface area contributed by atoms with E-state index in [-0.39, 0.29) is 5.91 Å². The summed E-state index contributed by atoms with van der Waals surface area (Å²) in [6.07, 6.45) is 2.56. The zero-order valence-electron chi connectivity index (χ0n) is 14.0.